The molecular weight excluding hydrogens is 283 g/mol. The maximum atomic E-state index is 13.2. The van der Waals surface area contributed by atoms with E-state index < -0.39 is 28.4 Å². The molecule has 1 aromatic carbocycles. The summed E-state index contributed by atoms with van der Waals surface area (Å²) in [7, 11) is 0. The van der Waals surface area contributed by atoms with Crippen LogP contribution >= 0.6 is 0 Å². The number of hydrogen-bond acceptors (Lipinski definition) is 4. The van der Waals surface area contributed by atoms with E-state index in [0.29, 0.717) is 0 Å². The lowest BCUT2D eigenvalue weighted by atomic mass is 9.75. The van der Waals surface area contributed by atoms with Crippen molar-refractivity contribution in [2.45, 2.75) is 38.6 Å². The zero-order valence-corrected chi connectivity index (χ0v) is 12.2. The first-order valence-corrected chi connectivity index (χ1v) is 6.32. The highest BCUT2D eigenvalue weighted by molar-refractivity contribution is 5.54. The first kappa shape index (κ1) is 15.5. The molecule has 0 bridgehead atoms. The predicted molar refractivity (Wildman–Crippen MR) is 70.9 cm³/mol. The lowest BCUT2D eigenvalue weighted by Gasteiger charge is -2.34. The summed E-state index contributed by atoms with van der Waals surface area (Å²) in [6.45, 7) is 7.23. The highest BCUT2D eigenvalue weighted by Gasteiger charge is 2.40. The van der Waals surface area contributed by atoms with E-state index in [0.717, 1.165) is 12.1 Å². The molecule has 0 aliphatic rings. The minimum Gasteiger partial charge on any atom is -0.338 e. The largest absolute Gasteiger partial charge is 0.338 e. The van der Waals surface area contributed by atoms with E-state index in [4.69, 9.17) is 10.3 Å². The van der Waals surface area contributed by atoms with Crippen molar-refractivity contribution in [1.82, 2.24) is 10.1 Å². The second-order valence-corrected chi connectivity index (χ2v) is 6.02. The third-order valence-electron chi connectivity index (χ3n) is 3.81. The average Bonchev–Trinajstić information content (AvgIpc) is 2.84. The standard InChI is InChI=1S/C14H16F3N3O/c1-13(2,14(3,4)18)12-19-11(20-21-12)7-5-8(15)10(17)9(16)6-7/h5-6H,18H2,1-4H3. The molecule has 2 rings (SSSR count). The molecule has 0 aliphatic carbocycles. The summed E-state index contributed by atoms with van der Waals surface area (Å²) < 4.78 is 44.6. The van der Waals surface area contributed by atoms with Gasteiger partial charge in [-0.05, 0) is 39.8 Å². The topological polar surface area (TPSA) is 64.9 Å². The van der Waals surface area contributed by atoms with E-state index >= 15 is 0 Å². The molecule has 0 radical (unpaired) electrons. The fourth-order valence-corrected chi connectivity index (χ4v) is 1.55. The van der Waals surface area contributed by atoms with Gasteiger partial charge < -0.3 is 10.3 Å². The van der Waals surface area contributed by atoms with Crippen LogP contribution in [0.1, 0.15) is 33.6 Å². The minimum absolute atomic E-state index is 0.00738. The van der Waals surface area contributed by atoms with Crippen molar-refractivity contribution in [1.29, 1.82) is 0 Å². The molecule has 7 heteroatoms. The van der Waals surface area contributed by atoms with Crippen LogP contribution in [-0.4, -0.2) is 15.7 Å². The summed E-state index contributed by atoms with van der Waals surface area (Å²) >= 11 is 0. The summed E-state index contributed by atoms with van der Waals surface area (Å²) in [5.41, 5.74) is 4.74. The Morgan fingerprint density at radius 3 is 2.05 bits per heavy atom. The first-order valence-electron chi connectivity index (χ1n) is 6.32. The average molecular weight is 299 g/mol. The van der Waals surface area contributed by atoms with E-state index in [9.17, 15) is 13.2 Å². The van der Waals surface area contributed by atoms with Gasteiger partial charge in [-0.3, -0.25) is 0 Å². The zero-order chi connectivity index (χ0) is 16.0. The number of hydrogen-bond donors (Lipinski definition) is 1. The van der Waals surface area contributed by atoms with Crippen molar-refractivity contribution < 1.29 is 17.7 Å². The SMILES string of the molecule is CC(C)(N)C(C)(C)c1nc(-c2cc(F)c(F)c(F)c2)no1. The maximum Gasteiger partial charge on any atom is 0.234 e. The molecular formula is C14H16F3N3O. The zero-order valence-electron chi connectivity index (χ0n) is 12.2. The van der Waals surface area contributed by atoms with Gasteiger partial charge in [-0.15, -0.1) is 0 Å². The molecule has 114 valence electrons. The van der Waals surface area contributed by atoms with Crippen LogP contribution in [0.2, 0.25) is 0 Å². The Morgan fingerprint density at radius 1 is 1.05 bits per heavy atom. The molecule has 1 aromatic heterocycles. The van der Waals surface area contributed by atoms with Gasteiger partial charge in [0.2, 0.25) is 11.7 Å². The number of benzene rings is 1. The van der Waals surface area contributed by atoms with Gasteiger partial charge in [0.05, 0.1) is 5.41 Å². The second-order valence-electron chi connectivity index (χ2n) is 6.02. The Morgan fingerprint density at radius 2 is 1.57 bits per heavy atom. The number of aromatic nitrogens is 2. The van der Waals surface area contributed by atoms with Crippen LogP contribution in [0.5, 0.6) is 0 Å². The van der Waals surface area contributed by atoms with E-state index in [2.05, 4.69) is 10.1 Å². The molecule has 0 amide bonds. The summed E-state index contributed by atoms with van der Waals surface area (Å²) in [5, 5.41) is 3.68. The van der Waals surface area contributed by atoms with Crippen molar-refractivity contribution in [2.75, 3.05) is 0 Å². The third kappa shape index (κ3) is 2.65. The second kappa shape index (κ2) is 4.84. The Kier molecular flexibility index (Phi) is 3.57. The van der Waals surface area contributed by atoms with Gasteiger partial charge in [-0.2, -0.15) is 4.98 Å². The molecule has 0 aliphatic heterocycles. The van der Waals surface area contributed by atoms with E-state index in [-0.39, 0.29) is 17.3 Å². The van der Waals surface area contributed by atoms with Crippen molar-refractivity contribution in [3.8, 4) is 11.4 Å². The molecule has 0 saturated carbocycles. The Hall–Kier alpha value is -1.89. The normalized spacial score (nSPS) is 12.8. The van der Waals surface area contributed by atoms with Crippen LogP contribution in [0.15, 0.2) is 16.7 Å². The predicted octanol–water partition coefficient (Wildman–Crippen LogP) is 3.17. The molecule has 2 aromatic rings. The summed E-state index contributed by atoms with van der Waals surface area (Å²) in [5.74, 6) is -3.95. The monoisotopic (exact) mass is 299 g/mol. The minimum atomic E-state index is -1.54. The third-order valence-corrected chi connectivity index (χ3v) is 3.81. The molecule has 0 fully saturated rings. The van der Waals surface area contributed by atoms with Crippen LogP contribution in [0.4, 0.5) is 13.2 Å². The van der Waals surface area contributed by atoms with E-state index in [1.54, 1.807) is 13.8 Å². The Bertz CT molecular complexity index is 651. The number of nitrogens with two attached hydrogens (primary N) is 1. The lowest BCUT2D eigenvalue weighted by Crippen LogP contribution is -2.50. The molecule has 0 spiro atoms. The molecule has 21 heavy (non-hydrogen) atoms. The fraction of sp³-hybridized carbons (Fsp3) is 0.429. The maximum absolute atomic E-state index is 13.2. The lowest BCUT2D eigenvalue weighted by molar-refractivity contribution is 0.223. The summed E-state index contributed by atoms with van der Waals surface area (Å²) in [4.78, 5) is 4.12. The quantitative estimate of drug-likeness (QED) is 0.884. The fourth-order valence-electron chi connectivity index (χ4n) is 1.55. The van der Waals surface area contributed by atoms with Gasteiger partial charge in [0, 0.05) is 11.1 Å². The van der Waals surface area contributed by atoms with Crippen molar-refractivity contribution in [3.63, 3.8) is 0 Å². The van der Waals surface area contributed by atoms with Crippen LogP contribution in [0, 0.1) is 17.5 Å². The van der Waals surface area contributed by atoms with Gasteiger partial charge in [0.1, 0.15) is 0 Å². The van der Waals surface area contributed by atoms with Gasteiger partial charge in [-0.1, -0.05) is 5.16 Å². The van der Waals surface area contributed by atoms with Crippen LogP contribution in [-0.2, 0) is 5.41 Å². The van der Waals surface area contributed by atoms with Crippen LogP contribution < -0.4 is 5.73 Å². The van der Waals surface area contributed by atoms with Gasteiger partial charge in [-0.25, -0.2) is 13.2 Å². The molecule has 0 atom stereocenters. The molecule has 0 unspecified atom stereocenters. The van der Waals surface area contributed by atoms with Crippen molar-refractivity contribution >= 4 is 0 Å². The number of rotatable bonds is 3. The molecule has 0 saturated heterocycles. The van der Waals surface area contributed by atoms with Crippen LogP contribution in [0.25, 0.3) is 11.4 Å². The molecule has 4 nitrogen and oxygen atoms in total. The van der Waals surface area contributed by atoms with E-state index in [1.165, 1.54) is 0 Å². The summed E-state index contributed by atoms with van der Waals surface area (Å²) in [6.07, 6.45) is 0. The Balaban J connectivity index is 2.46. The summed E-state index contributed by atoms with van der Waals surface area (Å²) in [6, 6.07) is 1.63. The van der Waals surface area contributed by atoms with Gasteiger partial charge in [0.15, 0.2) is 17.5 Å². The first-order chi connectivity index (χ1) is 9.54. The van der Waals surface area contributed by atoms with Crippen molar-refractivity contribution in [3.05, 3.63) is 35.5 Å². The van der Waals surface area contributed by atoms with E-state index in [1.807, 2.05) is 13.8 Å². The molecule has 2 N–H and O–H groups in total. The van der Waals surface area contributed by atoms with Gasteiger partial charge >= 0.3 is 0 Å². The number of nitrogens with zero attached hydrogens (tertiary/aromatic N) is 2. The van der Waals surface area contributed by atoms with Crippen LogP contribution in [0.3, 0.4) is 0 Å². The smallest absolute Gasteiger partial charge is 0.234 e. The van der Waals surface area contributed by atoms with Gasteiger partial charge in [0.25, 0.3) is 0 Å². The Labute approximate surface area is 120 Å². The van der Waals surface area contributed by atoms with Crippen molar-refractivity contribution in [2.24, 2.45) is 5.73 Å². The molecule has 1 heterocycles. The number of halogens is 3. The highest BCUT2D eigenvalue weighted by Crippen LogP contribution is 2.33. The highest BCUT2D eigenvalue weighted by atomic mass is 19.2.